The molecule has 0 aromatic heterocycles. The second-order valence-corrected chi connectivity index (χ2v) is 7.95. The number of benzene rings is 2. The van der Waals surface area contributed by atoms with Crippen molar-refractivity contribution < 1.29 is 9.53 Å². The first-order chi connectivity index (χ1) is 13.1. The predicted molar refractivity (Wildman–Crippen MR) is 109 cm³/mol. The molecule has 4 nitrogen and oxygen atoms in total. The Balaban J connectivity index is 1.59. The second kappa shape index (κ2) is 8.09. The number of piperidine rings is 3. The second-order valence-electron chi connectivity index (χ2n) is 7.14. The third-order valence-electron chi connectivity index (χ3n) is 5.52. The van der Waals surface area contributed by atoms with E-state index in [-0.39, 0.29) is 18.6 Å². The van der Waals surface area contributed by atoms with Crippen LogP contribution in [0.15, 0.2) is 48.5 Å². The molecule has 6 heteroatoms. The van der Waals surface area contributed by atoms with Crippen LogP contribution < -0.4 is 9.64 Å². The fourth-order valence-electron chi connectivity index (χ4n) is 4.14. The molecular weight excluding hydrogens is 383 g/mol. The van der Waals surface area contributed by atoms with Crippen molar-refractivity contribution in [3.63, 3.8) is 0 Å². The van der Waals surface area contributed by atoms with E-state index in [9.17, 15) is 4.79 Å². The van der Waals surface area contributed by atoms with Gasteiger partial charge in [-0.3, -0.25) is 4.79 Å². The van der Waals surface area contributed by atoms with Crippen LogP contribution in [0.3, 0.4) is 0 Å². The fourth-order valence-corrected chi connectivity index (χ4v) is 4.56. The molecule has 3 fully saturated rings. The third kappa shape index (κ3) is 3.93. The van der Waals surface area contributed by atoms with Gasteiger partial charge in [-0.1, -0.05) is 47.5 Å². The van der Waals surface area contributed by atoms with E-state index in [4.69, 9.17) is 27.9 Å². The maximum absolute atomic E-state index is 13.2. The number of hydrogen-bond donors (Lipinski definition) is 0. The molecule has 0 aliphatic carbocycles. The average molecular weight is 405 g/mol. The smallest absolute Gasteiger partial charge is 0.265 e. The summed E-state index contributed by atoms with van der Waals surface area (Å²) in [5, 5.41) is 1.08. The highest BCUT2D eigenvalue weighted by Crippen LogP contribution is 2.36. The van der Waals surface area contributed by atoms with Gasteiger partial charge in [-0.05, 0) is 56.1 Å². The van der Waals surface area contributed by atoms with E-state index in [1.807, 2.05) is 41.3 Å². The van der Waals surface area contributed by atoms with Gasteiger partial charge >= 0.3 is 0 Å². The van der Waals surface area contributed by atoms with Gasteiger partial charge in [0.05, 0.1) is 21.8 Å². The molecule has 0 spiro atoms. The highest BCUT2D eigenvalue weighted by Gasteiger charge is 2.40. The van der Waals surface area contributed by atoms with Gasteiger partial charge in [0.15, 0.2) is 6.61 Å². The zero-order valence-corrected chi connectivity index (χ0v) is 16.5. The van der Waals surface area contributed by atoms with E-state index < -0.39 is 0 Å². The van der Waals surface area contributed by atoms with Crippen LogP contribution in [0.5, 0.6) is 5.75 Å². The summed E-state index contributed by atoms with van der Waals surface area (Å²) in [6.07, 6.45) is 2.23. The maximum atomic E-state index is 13.2. The Kier molecular flexibility index (Phi) is 5.58. The molecule has 2 aromatic rings. The molecule has 3 saturated heterocycles. The fraction of sp³-hybridized carbons (Fsp3) is 0.381. The van der Waals surface area contributed by atoms with Gasteiger partial charge in [-0.2, -0.15) is 0 Å². The van der Waals surface area contributed by atoms with Gasteiger partial charge in [-0.15, -0.1) is 0 Å². The Morgan fingerprint density at radius 1 is 1.04 bits per heavy atom. The number of nitrogens with zero attached hydrogens (tertiary/aromatic N) is 2. The van der Waals surface area contributed by atoms with E-state index in [0.29, 0.717) is 21.7 Å². The molecule has 1 atom stereocenters. The quantitative estimate of drug-likeness (QED) is 0.735. The molecule has 2 aromatic carbocycles. The van der Waals surface area contributed by atoms with E-state index in [0.717, 1.165) is 38.2 Å². The van der Waals surface area contributed by atoms with Crippen LogP contribution in [0.2, 0.25) is 10.0 Å². The first-order valence-electron chi connectivity index (χ1n) is 9.30. The Hall–Kier alpha value is -1.75. The summed E-state index contributed by atoms with van der Waals surface area (Å²) in [5.41, 5.74) is 0.755. The summed E-state index contributed by atoms with van der Waals surface area (Å²) in [6, 6.07) is 14.8. The molecule has 0 unspecified atom stereocenters. The van der Waals surface area contributed by atoms with Gasteiger partial charge in [-0.25, -0.2) is 0 Å². The number of anilines is 1. The number of fused-ring (bicyclic) bond motifs is 3. The Bertz CT molecular complexity index is 821. The molecular formula is C21H22Cl2N2O2. The topological polar surface area (TPSA) is 32.8 Å². The Morgan fingerprint density at radius 3 is 2.33 bits per heavy atom. The van der Waals surface area contributed by atoms with Crippen LogP contribution in [0, 0.1) is 5.92 Å². The van der Waals surface area contributed by atoms with E-state index in [1.54, 1.807) is 12.1 Å². The molecule has 0 saturated carbocycles. The van der Waals surface area contributed by atoms with Crippen molar-refractivity contribution in [2.45, 2.75) is 18.9 Å². The average Bonchev–Trinajstić information content (AvgIpc) is 2.70. The number of para-hydroxylation sites is 2. The van der Waals surface area contributed by atoms with Gasteiger partial charge in [0.1, 0.15) is 5.75 Å². The summed E-state index contributed by atoms with van der Waals surface area (Å²) >= 11 is 12.6. The minimum atomic E-state index is -0.0956. The van der Waals surface area contributed by atoms with Crippen LogP contribution >= 0.6 is 23.2 Å². The summed E-state index contributed by atoms with van der Waals surface area (Å²) in [6.45, 7) is 3.04. The lowest BCUT2D eigenvalue weighted by Gasteiger charge is -2.49. The standard InChI is InChI=1S/C21H22Cl2N2O2/c22-16-5-1-3-7-18(16)25(19-13-24-11-9-15(19)10-12-24)21(26)14-27-20-8-4-2-6-17(20)23/h1-8,15,19H,9-14H2/t19-/m0/s1. The number of carbonyl (C=O) groups excluding carboxylic acids is 1. The van der Waals surface area contributed by atoms with Gasteiger partial charge < -0.3 is 14.5 Å². The van der Waals surface area contributed by atoms with Crippen molar-refractivity contribution in [3.05, 3.63) is 58.6 Å². The lowest BCUT2D eigenvalue weighted by atomic mass is 9.83. The van der Waals surface area contributed by atoms with Crippen LogP contribution in [-0.4, -0.2) is 43.1 Å². The number of ether oxygens (including phenoxy) is 1. The lowest BCUT2D eigenvalue weighted by Crippen LogP contribution is -2.59. The SMILES string of the molecule is O=C(COc1ccccc1Cl)N(c1ccccc1Cl)[C@H]1CN2CCC1CC2. The molecule has 2 bridgehead atoms. The van der Waals surface area contributed by atoms with E-state index >= 15 is 0 Å². The Morgan fingerprint density at radius 2 is 1.70 bits per heavy atom. The van der Waals surface area contributed by atoms with E-state index in [1.165, 1.54) is 0 Å². The monoisotopic (exact) mass is 404 g/mol. The lowest BCUT2D eigenvalue weighted by molar-refractivity contribution is -0.122. The van der Waals surface area contributed by atoms with Crippen LogP contribution in [-0.2, 0) is 4.79 Å². The predicted octanol–water partition coefficient (Wildman–Crippen LogP) is 4.50. The highest BCUT2D eigenvalue weighted by atomic mass is 35.5. The normalized spacial score (nSPS) is 23.9. The molecule has 5 rings (SSSR count). The van der Waals surface area contributed by atoms with Gasteiger partial charge in [0, 0.05) is 6.54 Å². The first-order valence-corrected chi connectivity index (χ1v) is 10.1. The number of amides is 1. The van der Waals surface area contributed by atoms with Gasteiger partial charge in [0.2, 0.25) is 0 Å². The molecule has 27 heavy (non-hydrogen) atoms. The number of hydrogen-bond acceptors (Lipinski definition) is 3. The van der Waals surface area contributed by atoms with E-state index in [2.05, 4.69) is 4.90 Å². The summed E-state index contributed by atoms with van der Waals surface area (Å²) in [4.78, 5) is 17.5. The summed E-state index contributed by atoms with van der Waals surface area (Å²) < 4.78 is 5.73. The van der Waals surface area contributed by atoms with Crippen molar-refractivity contribution >= 4 is 34.8 Å². The molecule has 1 amide bonds. The van der Waals surface area contributed by atoms with Crippen molar-refractivity contribution in [2.24, 2.45) is 5.92 Å². The molecule has 142 valence electrons. The molecule has 3 aliphatic rings. The summed E-state index contributed by atoms with van der Waals surface area (Å²) in [7, 11) is 0. The zero-order valence-electron chi connectivity index (χ0n) is 15.0. The molecule has 0 N–H and O–H groups in total. The number of rotatable bonds is 5. The molecule has 0 radical (unpaired) electrons. The largest absolute Gasteiger partial charge is 0.482 e. The number of halogens is 2. The van der Waals surface area contributed by atoms with Crippen molar-refractivity contribution in [1.29, 1.82) is 0 Å². The minimum absolute atomic E-state index is 0.0713. The zero-order chi connectivity index (χ0) is 18.8. The number of carbonyl (C=O) groups is 1. The highest BCUT2D eigenvalue weighted by molar-refractivity contribution is 6.34. The third-order valence-corrected chi connectivity index (χ3v) is 6.15. The van der Waals surface area contributed by atoms with Crippen LogP contribution in [0.1, 0.15) is 12.8 Å². The van der Waals surface area contributed by atoms with Gasteiger partial charge in [0.25, 0.3) is 5.91 Å². The van der Waals surface area contributed by atoms with Crippen molar-refractivity contribution in [2.75, 3.05) is 31.1 Å². The minimum Gasteiger partial charge on any atom is -0.482 e. The summed E-state index contributed by atoms with van der Waals surface area (Å²) in [5.74, 6) is 0.915. The van der Waals surface area contributed by atoms with Crippen molar-refractivity contribution in [1.82, 2.24) is 4.90 Å². The Labute approximate surface area is 169 Å². The van der Waals surface area contributed by atoms with Crippen molar-refractivity contribution in [3.8, 4) is 5.75 Å². The molecule has 3 heterocycles. The van der Waals surface area contributed by atoms with Crippen LogP contribution in [0.25, 0.3) is 0 Å². The maximum Gasteiger partial charge on any atom is 0.265 e. The first kappa shape index (κ1) is 18.6. The molecule has 3 aliphatic heterocycles. The van der Waals surface area contributed by atoms with Crippen LogP contribution in [0.4, 0.5) is 5.69 Å².